The molecular formula is C27H23ClF4N4O. The molecule has 2 aromatic carbocycles. The summed E-state index contributed by atoms with van der Waals surface area (Å²) in [6, 6.07) is 12.9. The van der Waals surface area contributed by atoms with Gasteiger partial charge in [-0.1, -0.05) is 36.6 Å². The van der Waals surface area contributed by atoms with Crippen LogP contribution in [0.5, 0.6) is 0 Å². The molecule has 2 N–H and O–H groups in total. The molecule has 0 spiro atoms. The number of carbonyl (C=O) groups excluding carboxylic acids is 1. The lowest BCUT2D eigenvalue weighted by Gasteiger charge is -2.36. The van der Waals surface area contributed by atoms with Gasteiger partial charge in [0.1, 0.15) is 11.4 Å². The Bertz CT molecular complexity index is 1320. The van der Waals surface area contributed by atoms with Crippen LogP contribution < -0.4 is 10.6 Å². The molecule has 1 aliphatic carbocycles. The SMILES string of the molecule is N#Cc1cccc(C[C@@](NC(=O)NC2CCCC2)(c2cc(F)cc(C(F)(F)F)c2)c2ccc(Cl)cn2)c1. The second kappa shape index (κ2) is 10.8. The average molecular weight is 531 g/mol. The lowest BCUT2D eigenvalue weighted by atomic mass is 9.79. The zero-order valence-electron chi connectivity index (χ0n) is 19.6. The van der Waals surface area contributed by atoms with Crippen molar-refractivity contribution in [2.45, 2.75) is 49.9 Å². The Morgan fingerprint density at radius 3 is 2.46 bits per heavy atom. The first-order chi connectivity index (χ1) is 17.6. The van der Waals surface area contributed by atoms with Gasteiger partial charge in [0.2, 0.25) is 0 Å². The number of rotatable bonds is 6. The minimum Gasteiger partial charge on any atom is -0.335 e. The predicted molar refractivity (Wildman–Crippen MR) is 130 cm³/mol. The molecule has 4 rings (SSSR count). The summed E-state index contributed by atoms with van der Waals surface area (Å²) in [5, 5.41) is 15.3. The monoisotopic (exact) mass is 530 g/mol. The minimum atomic E-state index is -4.83. The highest BCUT2D eigenvalue weighted by Crippen LogP contribution is 2.38. The fourth-order valence-electron chi connectivity index (χ4n) is 4.69. The largest absolute Gasteiger partial charge is 0.416 e. The van der Waals surface area contributed by atoms with Gasteiger partial charge < -0.3 is 10.6 Å². The number of halogens is 5. The number of aromatic nitrogens is 1. The third-order valence-electron chi connectivity index (χ3n) is 6.43. The molecule has 1 aliphatic rings. The van der Waals surface area contributed by atoms with Crippen LogP contribution in [-0.4, -0.2) is 17.1 Å². The summed E-state index contributed by atoms with van der Waals surface area (Å²) in [6.45, 7) is 0. The van der Waals surface area contributed by atoms with Gasteiger partial charge in [-0.05, 0) is 66.4 Å². The summed E-state index contributed by atoms with van der Waals surface area (Å²) in [6.07, 6.45) is -0.177. The third-order valence-corrected chi connectivity index (χ3v) is 6.65. The number of hydrogen-bond donors (Lipinski definition) is 2. The number of urea groups is 1. The van der Waals surface area contributed by atoms with Crippen LogP contribution in [0.15, 0.2) is 60.8 Å². The van der Waals surface area contributed by atoms with Crippen molar-refractivity contribution in [1.82, 2.24) is 15.6 Å². The second-order valence-electron chi connectivity index (χ2n) is 9.06. The quantitative estimate of drug-likeness (QED) is 0.357. The number of amides is 2. The van der Waals surface area contributed by atoms with Crippen molar-refractivity contribution < 1.29 is 22.4 Å². The van der Waals surface area contributed by atoms with Gasteiger partial charge in [-0.3, -0.25) is 4.98 Å². The van der Waals surface area contributed by atoms with E-state index in [2.05, 4.69) is 15.6 Å². The van der Waals surface area contributed by atoms with Crippen LogP contribution in [-0.2, 0) is 18.1 Å². The van der Waals surface area contributed by atoms with E-state index in [9.17, 15) is 27.6 Å². The van der Waals surface area contributed by atoms with E-state index in [0.717, 1.165) is 37.8 Å². The van der Waals surface area contributed by atoms with Crippen molar-refractivity contribution in [3.63, 3.8) is 0 Å². The molecule has 3 aromatic rings. The molecule has 1 aromatic heterocycles. The molecule has 0 saturated heterocycles. The molecule has 1 heterocycles. The van der Waals surface area contributed by atoms with Crippen molar-refractivity contribution in [2.75, 3.05) is 0 Å². The number of carbonyl (C=O) groups is 1. The maximum absolute atomic E-state index is 14.7. The molecule has 0 unspecified atom stereocenters. The fraction of sp³-hybridized carbons (Fsp3) is 0.296. The first-order valence-corrected chi connectivity index (χ1v) is 12.0. The number of alkyl halides is 3. The molecule has 1 atom stereocenters. The fourth-order valence-corrected chi connectivity index (χ4v) is 4.80. The topological polar surface area (TPSA) is 77.8 Å². The van der Waals surface area contributed by atoms with Crippen LogP contribution in [0.3, 0.4) is 0 Å². The van der Waals surface area contributed by atoms with Crippen LogP contribution in [0.4, 0.5) is 22.4 Å². The van der Waals surface area contributed by atoms with Crippen molar-refractivity contribution in [3.05, 3.63) is 99.6 Å². The Morgan fingerprint density at radius 2 is 1.81 bits per heavy atom. The van der Waals surface area contributed by atoms with Gasteiger partial charge in [0, 0.05) is 18.7 Å². The van der Waals surface area contributed by atoms with E-state index < -0.39 is 29.1 Å². The van der Waals surface area contributed by atoms with E-state index in [4.69, 9.17) is 11.6 Å². The molecule has 0 bridgehead atoms. The van der Waals surface area contributed by atoms with Gasteiger partial charge >= 0.3 is 12.2 Å². The summed E-state index contributed by atoms with van der Waals surface area (Å²) in [4.78, 5) is 17.6. The number of nitriles is 1. The van der Waals surface area contributed by atoms with E-state index in [1.54, 1.807) is 24.3 Å². The smallest absolute Gasteiger partial charge is 0.335 e. The van der Waals surface area contributed by atoms with Crippen LogP contribution >= 0.6 is 11.6 Å². The van der Waals surface area contributed by atoms with Gasteiger partial charge in [-0.15, -0.1) is 0 Å². The predicted octanol–water partition coefficient (Wildman–Crippen LogP) is 6.49. The summed E-state index contributed by atoms with van der Waals surface area (Å²) < 4.78 is 55.8. The maximum atomic E-state index is 14.7. The molecule has 37 heavy (non-hydrogen) atoms. The molecular weight excluding hydrogens is 508 g/mol. The minimum absolute atomic E-state index is 0.0870. The zero-order chi connectivity index (χ0) is 26.6. The molecule has 5 nitrogen and oxygen atoms in total. The second-order valence-corrected chi connectivity index (χ2v) is 9.50. The molecule has 2 amide bonds. The van der Waals surface area contributed by atoms with E-state index >= 15 is 0 Å². The van der Waals surface area contributed by atoms with Crippen LogP contribution in [0, 0.1) is 17.1 Å². The van der Waals surface area contributed by atoms with Crippen LogP contribution in [0.1, 0.15) is 53.6 Å². The number of nitrogens with one attached hydrogen (secondary N) is 2. The third kappa shape index (κ3) is 6.20. The van der Waals surface area contributed by atoms with E-state index in [0.29, 0.717) is 17.2 Å². The summed E-state index contributed by atoms with van der Waals surface area (Å²) in [7, 11) is 0. The van der Waals surface area contributed by atoms with Crippen molar-refractivity contribution in [3.8, 4) is 6.07 Å². The van der Waals surface area contributed by atoms with E-state index in [-0.39, 0.29) is 28.7 Å². The Labute approximate surface area is 216 Å². The molecule has 192 valence electrons. The zero-order valence-corrected chi connectivity index (χ0v) is 20.3. The standard InChI is InChI=1S/C27H23ClF4N4O/c28-21-8-9-24(34-16-21)26(14-17-4-3-5-18(10-17)15-33,36-25(37)35-23-6-1-2-7-23)19-11-20(27(30,31)32)13-22(29)12-19/h3-5,8-13,16,23H,1-2,6-7,14H2,(H2,35,36,37)/t26-/m1/s1. The van der Waals surface area contributed by atoms with Gasteiger partial charge in [0.05, 0.1) is 27.9 Å². The number of pyridine rings is 1. The lowest BCUT2D eigenvalue weighted by molar-refractivity contribution is -0.137. The molecule has 1 fully saturated rings. The number of benzene rings is 2. The van der Waals surface area contributed by atoms with Crippen molar-refractivity contribution in [2.24, 2.45) is 0 Å². The highest BCUT2D eigenvalue weighted by Gasteiger charge is 2.41. The highest BCUT2D eigenvalue weighted by molar-refractivity contribution is 6.30. The Kier molecular flexibility index (Phi) is 7.69. The number of nitrogens with zero attached hydrogens (tertiary/aromatic N) is 2. The molecule has 0 radical (unpaired) electrons. The Hall–Kier alpha value is -3.64. The summed E-state index contributed by atoms with van der Waals surface area (Å²) in [5.41, 5.74) is -2.10. The lowest BCUT2D eigenvalue weighted by Crippen LogP contribution is -2.54. The van der Waals surface area contributed by atoms with E-state index in [1.165, 1.54) is 18.3 Å². The molecule has 1 saturated carbocycles. The first-order valence-electron chi connectivity index (χ1n) is 11.7. The first kappa shape index (κ1) is 26.4. The average Bonchev–Trinajstić information content (AvgIpc) is 3.36. The normalized spacial score (nSPS) is 15.6. The number of hydrogen-bond acceptors (Lipinski definition) is 3. The van der Waals surface area contributed by atoms with Crippen LogP contribution in [0.25, 0.3) is 0 Å². The summed E-state index contributed by atoms with van der Waals surface area (Å²) >= 11 is 6.03. The van der Waals surface area contributed by atoms with Crippen LogP contribution in [0.2, 0.25) is 5.02 Å². The van der Waals surface area contributed by atoms with E-state index in [1.807, 2.05) is 6.07 Å². The van der Waals surface area contributed by atoms with Gasteiger partial charge in [-0.2, -0.15) is 18.4 Å². The molecule has 0 aliphatic heterocycles. The van der Waals surface area contributed by atoms with Crippen molar-refractivity contribution in [1.29, 1.82) is 5.26 Å². The van der Waals surface area contributed by atoms with Crippen molar-refractivity contribution >= 4 is 17.6 Å². The Morgan fingerprint density at radius 1 is 1.08 bits per heavy atom. The summed E-state index contributed by atoms with van der Waals surface area (Å²) in [5.74, 6) is -1.12. The maximum Gasteiger partial charge on any atom is 0.416 e. The van der Waals surface area contributed by atoms with Gasteiger partial charge in [0.25, 0.3) is 0 Å². The molecule has 10 heteroatoms. The highest BCUT2D eigenvalue weighted by atomic mass is 35.5. The van der Waals surface area contributed by atoms with Gasteiger partial charge in [0.15, 0.2) is 0 Å². The van der Waals surface area contributed by atoms with Gasteiger partial charge in [-0.25, -0.2) is 9.18 Å². The Balaban J connectivity index is 1.91.